The number of methoxy groups -OCH3 is 1. The first-order chi connectivity index (χ1) is 13.0. The van der Waals surface area contributed by atoms with Crippen LogP contribution in [0.1, 0.15) is 23.3 Å². The van der Waals surface area contributed by atoms with Gasteiger partial charge in [-0.3, -0.25) is 4.79 Å². The number of hydrogen-bond acceptors (Lipinski definition) is 5. The molecule has 1 aliphatic rings. The van der Waals surface area contributed by atoms with Crippen LogP contribution in [0.5, 0.6) is 5.75 Å². The Labute approximate surface area is 153 Å². The number of nitrogens with two attached hydrogens (primary N) is 1. The molecular weight excluding hydrogens is 354 g/mol. The largest absolute Gasteiger partial charge is 0.494 e. The average Bonchev–Trinajstić information content (AvgIpc) is 3.46. The van der Waals surface area contributed by atoms with Crippen LogP contribution in [0.15, 0.2) is 30.3 Å². The quantitative estimate of drug-likeness (QED) is 0.737. The predicted octanol–water partition coefficient (Wildman–Crippen LogP) is 3.06. The van der Waals surface area contributed by atoms with E-state index in [0.29, 0.717) is 10.9 Å². The summed E-state index contributed by atoms with van der Waals surface area (Å²) in [7, 11) is 1.32. The number of nitrogen functional groups attached to an aromatic ring is 1. The summed E-state index contributed by atoms with van der Waals surface area (Å²) in [5, 5.41) is 11.2. The SMILES string of the molecule is COc1cc(-c2c(F)ccc3c(N)c(C(=O)NC4CC4)nnc23)ccc1F. The first-order valence-corrected chi connectivity index (χ1v) is 8.38. The maximum atomic E-state index is 14.6. The molecule has 1 fully saturated rings. The predicted molar refractivity (Wildman–Crippen MR) is 96.3 cm³/mol. The topological polar surface area (TPSA) is 90.1 Å². The second-order valence-electron chi connectivity index (χ2n) is 6.38. The van der Waals surface area contributed by atoms with E-state index in [-0.39, 0.29) is 34.3 Å². The number of aromatic nitrogens is 2. The van der Waals surface area contributed by atoms with Crippen molar-refractivity contribution < 1.29 is 18.3 Å². The lowest BCUT2D eigenvalue weighted by atomic mass is 10.00. The zero-order valence-electron chi connectivity index (χ0n) is 14.4. The van der Waals surface area contributed by atoms with E-state index < -0.39 is 17.5 Å². The Bertz CT molecular complexity index is 1070. The summed E-state index contributed by atoms with van der Waals surface area (Å²) in [4.78, 5) is 12.3. The molecule has 1 aliphatic carbocycles. The van der Waals surface area contributed by atoms with E-state index in [2.05, 4.69) is 15.5 Å². The van der Waals surface area contributed by atoms with Gasteiger partial charge in [0.15, 0.2) is 17.3 Å². The molecule has 0 saturated heterocycles. The first kappa shape index (κ1) is 17.1. The third kappa shape index (κ3) is 3.03. The van der Waals surface area contributed by atoms with Crippen LogP contribution < -0.4 is 15.8 Å². The summed E-state index contributed by atoms with van der Waals surface area (Å²) in [6.07, 6.45) is 1.85. The number of carbonyl (C=O) groups excluding carboxylic acids is 1. The van der Waals surface area contributed by atoms with Gasteiger partial charge in [-0.2, -0.15) is 0 Å². The van der Waals surface area contributed by atoms with Gasteiger partial charge in [0, 0.05) is 17.0 Å². The summed E-state index contributed by atoms with van der Waals surface area (Å²) in [5.41, 5.74) is 6.90. The first-order valence-electron chi connectivity index (χ1n) is 8.38. The van der Waals surface area contributed by atoms with Gasteiger partial charge in [-0.1, -0.05) is 6.07 Å². The number of hydrogen-bond donors (Lipinski definition) is 2. The van der Waals surface area contributed by atoms with Crippen molar-refractivity contribution in [2.45, 2.75) is 18.9 Å². The van der Waals surface area contributed by atoms with E-state index in [0.717, 1.165) is 12.8 Å². The Hall–Kier alpha value is -3.29. The van der Waals surface area contributed by atoms with Crippen molar-refractivity contribution >= 4 is 22.5 Å². The fourth-order valence-corrected chi connectivity index (χ4v) is 2.91. The van der Waals surface area contributed by atoms with Gasteiger partial charge in [0.2, 0.25) is 0 Å². The van der Waals surface area contributed by atoms with E-state index in [9.17, 15) is 13.6 Å². The summed E-state index contributed by atoms with van der Waals surface area (Å²) in [5.74, 6) is -1.56. The molecule has 3 aromatic rings. The summed E-state index contributed by atoms with van der Waals surface area (Å²) < 4.78 is 33.3. The van der Waals surface area contributed by atoms with Crippen LogP contribution in [-0.4, -0.2) is 29.3 Å². The molecule has 4 rings (SSSR count). The Morgan fingerprint density at radius 3 is 2.63 bits per heavy atom. The van der Waals surface area contributed by atoms with E-state index in [1.54, 1.807) is 0 Å². The number of rotatable bonds is 4. The van der Waals surface area contributed by atoms with Crippen molar-refractivity contribution in [1.29, 1.82) is 0 Å². The maximum Gasteiger partial charge on any atom is 0.274 e. The van der Waals surface area contributed by atoms with E-state index in [1.807, 2.05) is 0 Å². The molecule has 1 amide bonds. The van der Waals surface area contributed by atoms with Gasteiger partial charge in [-0.15, -0.1) is 10.2 Å². The number of ether oxygens (including phenoxy) is 1. The zero-order chi connectivity index (χ0) is 19.1. The molecule has 27 heavy (non-hydrogen) atoms. The standard InChI is InChI=1S/C19H16F2N4O2/c1-27-14-8-9(2-6-12(14)20)15-13(21)7-5-11-16(22)18(25-24-17(11)15)19(26)23-10-3-4-10/h2,5-8,10H,3-4H2,1H3,(H2,22,24)(H,23,26). The van der Waals surface area contributed by atoms with Crippen LogP contribution >= 0.6 is 0 Å². The molecule has 138 valence electrons. The highest BCUT2D eigenvalue weighted by atomic mass is 19.1. The number of fused-ring (bicyclic) bond motifs is 1. The van der Waals surface area contributed by atoms with Crippen LogP contribution in [0.2, 0.25) is 0 Å². The molecule has 0 unspecified atom stereocenters. The van der Waals surface area contributed by atoms with Crippen LogP contribution in [0.4, 0.5) is 14.5 Å². The molecular formula is C19H16F2N4O2. The van der Waals surface area contributed by atoms with E-state index >= 15 is 0 Å². The molecule has 0 spiro atoms. The van der Waals surface area contributed by atoms with Crippen molar-refractivity contribution in [3.8, 4) is 16.9 Å². The van der Waals surface area contributed by atoms with E-state index in [4.69, 9.17) is 10.5 Å². The van der Waals surface area contributed by atoms with Crippen molar-refractivity contribution in [2.75, 3.05) is 12.8 Å². The number of carbonyl (C=O) groups is 1. The number of amides is 1. The minimum atomic E-state index is -0.569. The minimum Gasteiger partial charge on any atom is -0.494 e. The lowest BCUT2D eigenvalue weighted by Crippen LogP contribution is -2.27. The summed E-state index contributed by atoms with van der Waals surface area (Å²) in [6.45, 7) is 0. The van der Waals surface area contributed by atoms with Crippen LogP contribution in [0.3, 0.4) is 0 Å². The molecule has 1 saturated carbocycles. The number of anilines is 1. The van der Waals surface area contributed by atoms with Gasteiger partial charge in [-0.25, -0.2) is 8.78 Å². The molecule has 0 bridgehead atoms. The van der Waals surface area contributed by atoms with Crippen molar-refractivity contribution in [3.63, 3.8) is 0 Å². The van der Waals surface area contributed by atoms with Crippen LogP contribution in [0, 0.1) is 11.6 Å². The van der Waals surface area contributed by atoms with Gasteiger partial charge in [0.05, 0.1) is 12.8 Å². The second kappa shape index (κ2) is 6.46. The van der Waals surface area contributed by atoms with Gasteiger partial charge < -0.3 is 15.8 Å². The lowest BCUT2D eigenvalue weighted by molar-refractivity contribution is 0.0946. The highest BCUT2D eigenvalue weighted by molar-refractivity contribution is 6.07. The Balaban J connectivity index is 1.87. The van der Waals surface area contributed by atoms with Gasteiger partial charge in [-0.05, 0) is 42.7 Å². The van der Waals surface area contributed by atoms with Gasteiger partial charge in [0.25, 0.3) is 5.91 Å². The smallest absolute Gasteiger partial charge is 0.274 e. The molecule has 2 aromatic carbocycles. The zero-order valence-corrected chi connectivity index (χ0v) is 14.4. The fourth-order valence-electron chi connectivity index (χ4n) is 2.91. The molecule has 1 aromatic heterocycles. The molecule has 6 nitrogen and oxygen atoms in total. The third-order valence-corrected chi connectivity index (χ3v) is 4.49. The molecule has 0 radical (unpaired) electrons. The van der Waals surface area contributed by atoms with Gasteiger partial charge in [0.1, 0.15) is 11.3 Å². The summed E-state index contributed by atoms with van der Waals surface area (Å²) >= 11 is 0. The minimum absolute atomic E-state index is 0.00337. The molecule has 8 heteroatoms. The molecule has 3 N–H and O–H groups in total. The fraction of sp³-hybridized carbons (Fsp3) is 0.211. The highest BCUT2D eigenvalue weighted by Gasteiger charge is 2.26. The molecule has 1 heterocycles. The monoisotopic (exact) mass is 370 g/mol. The maximum absolute atomic E-state index is 14.6. The Morgan fingerprint density at radius 2 is 1.93 bits per heavy atom. The van der Waals surface area contributed by atoms with Crippen LogP contribution in [0.25, 0.3) is 22.0 Å². The second-order valence-corrected chi connectivity index (χ2v) is 6.38. The molecule has 0 aliphatic heterocycles. The number of nitrogens with zero attached hydrogens (tertiary/aromatic N) is 2. The van der Waals surface area contributed by atoms with Crippen molar-refractivity contribution in [3.05, 3.63) is 47.7 Å². The molecule has 0 atom stereocenters. The number of nitrogens with one attached hydrogen (secondary N) is 1. The van der Waals surface area contributed by atoms with E-state index in [1.165, 1.54) is 37.4 Å². The number of halogens is 2. The lowest BCUT2D eigenvalue weighted by Gasteiger charge is -2.12. The Morgan fingerprint density at radius 1 is 1.19 bits per heavy atom. The Kier molecular flexibility index (Phi) is 4.10. The van der Waals surface area contributed by atoms with Gasteiger partial charge >= 0.3 is 0 Å². The number of benzene rings is 2. The van der Waals surface area contributed by atoms with Crippen molar-refractivity contribution in [1.82, 2.24) is 15.5 Å². The highest BCUT2D eigenvalue weighted by Crippen LogP contribution is 2.35. The summed E-state index contributed by atoms with van der Waals surface area (Å²) in [6, 6.07) is 6.80. The van der Waals surface area contributed by atoms with Crippen LogP contribution in [-0.2, 0) is 0 Å². The van der Waals surface area contributed by atoms with Crippen molar-refractivity contribution in [2.24, 2.45) is 0 Å². The average molecular weight is 370 g/mol. The third-order valence-electron chi connectivity index (χ3n) is 4.49. The normalized spacial score (nSPS) is 13.6.